The maximum atomic E-state index is 12.3. The van der Waals surface area contributed by atoms with Crippen molar-refractivity contribution < 1.29 is 19.0 Å². The second-order valence-corrected chi connectivity index (χ2v) is 7.28. The number of rotatable bonds is 8. The van der Waals surface area contributed by atoms with Crippen molar-refractivity contribution in [2.24, 2.45) is 0 Å². The van der Waals surface area contributed by atoms with E-state index < -0.39 is 0 Å². The molecule has 160 valence electrons. The molecule has 0 unspecified atom stereocenters. The molecule has 6 nitrogen and oxygen atoms in total. The van der Waals surface area contributed by atoms with Gasteiger partial charge in [-0.15, -0.1) is 0 Å². The van der Waals surface area contributed by atoms with Gasteiger partial charge in [-0.1, -0.05) is 23.7 Å². The lowest BCUT2D eigenvalue weighted by atomic mass is 10.1. The van der Waals surface area contributed by atoms with Gasteiger partial charge in [0.05, 0.1) is 32.0 Å². The number of morpholine rings is 1. The van der Waals surface area contributed by atoms with E-state index in [9.17, 15) is 4.79 Å². The van der Waals surface area contributed by atoms with E-state index in [2.05, 4.69) is 10.2 Å². The van der Waals surface area contributed by atoms with E-state index in [1.54, 1.807) is 25.3 Å². The van der Waals surface area contributed by atoms with Crippen LogP contribution in [0.3, 0.4) is 0 Å². The molecule has 1 aliphatic rings. The van der Waals surface area contributed by atoms with E-state index >= 15 is 0 Å². The monoisotopic (exact) mass is 430 g/mol. The first-order chi connectivity index (χ1) is 14.6. The van der Waals surface area contributed by atoms with Gasteiger partial charge in [-0.2, -0.15) is 0 Å². The van der Waals surface area contributed by atoms with Gasteiger partial charge in [0.25, 0.3) is 0 Å². The highest BCUT2D eigenvalue weighted by Gasteiger charge is 2.12. The highest BCUT2D eigenvalue weighted by Crippen LogP contribution is 2.36. The number of benzene rings is 2. The molecular weight excluding hydrogens is 404 g/mol. The number of amides is 1. The molecule has 1 saturated heterocycles. The van der Waals surface area contributed by atoms with Gasteiger partial charge < -0.3 is 19.5 Å². The van der Waals surface area contributed by atoms with Crippen LogP contribution in [0, 0.1) is 0 Å². The Morgan fingerprint density at radius 3 is 2.63 bits per heavy atom. The number of methoxy groups -OCH3 is 1. The highest BCUT2D eigenvalue weighted by molar-refractivity contribution is 6.32. The first-order valence-corrected chi connectivity index (χ1v) is 10.3. The molecule has 0 atom stereocenters. The quantitative estimate of drug-likeness (QED) is 0.635. The van der Waals surface area contributed by atoms with Crippen molar-refractivity contribution in [2.45, 2.75) is 13.5 Å². The summed E-state index contributed by atoms with van der Waals surface area (Å²) in [4.78, 5) is 14.7. The minimum atomic E-state index is -0.221. The second-order valence-electron chi connectivity index (χ2n) is 6.88. The molecule has 3 rings (SSSR count). The van der Waals surface area contributed by atoms with Crippen molar-refractivity contribution in [3.63, 3.8) is 0 Å². The zero-order valence-corrected chi connectivity index (χ0v) is 18.1. The summed E-state index contributed by atoms with van der Waals surface area (Å²) >= 11 is 6.25. The smallest absolute Gasteiger partial charge is 0.248 e. The highest BCUT2D eigenvalue weighted by atomic mass is 35.5. The van der Waals surface area contributed by atoms with Gasteiger partial charge in [0.1, 0.15) is 0 Å². The molecule has 0 saturated carbocycles. The fourth-order valence-electron chi connectivity index (χ4n) is 3.21. The molecule has 0 spiro atoms. The molecular formula is C23H27ClN2O4. The normalized spacial score (nSPS) is 14.6. The lowest BCUT2D eigenvalue weighted by Gasteiger charge is -2.26. The van der Waals surface area contributed by atoms with E-state index in [0.717, 1.165) is 44.1 Å². The Bertz CT molecular complexity index is 878. The molecule has 1 fully saturated rings. The van der Waals surface area contributed by atoms with Crippen LogP contribution in [-0.4, -0.2) is 50.8 Å². The Morgan fingerprint density at radius 1 is 1.23 bits per heavy atom. The maximum Gasteiger partial charge on any atom is 0.248 e. The van der Waals surface area contributed by atoms with E-state index in [0.29, 0.717) is 23.1 Å². The zero-order chi connectivity index (χ0) is 21.3. The third-order valence-electron chi connectivity index (χ3n) is 4.69. The van der Waals surface area contributed by atoms with Gasteiger partial charge in [0.15, 0.2) is 11.5 Å². The predicted molar refractivity (Wildman–Crippen MR) is 119 cm³/mol. The molecule has 2 aromatic rings. The Balaban J connectivity index is 1.59. The van der Waals surface area contributed by atoms with Crippen LogP contribution in [-0.2, 0) is 16.1 Å². The molecule has 1 heterocycles. The van der Waals surface area contributed by atoms with E-state index in [-0.39, 0.29) is 5.91 Å². The second kappa shape index (κ2) is 11.0. The van der Waals surface area contributed by atoms with Gasteiger partial charge in [-0.25, -0.2) is 0 Å². The SMILES string of the molecule is CCOc1cc(/C=C/C(=O)Nc2ccc(CN3CCOCC3)cc2)cc(Cl)c1OC. The van der Waals surface area contributed by atoms with Crippen LogP contribution in [0.2, 0.25) is 5.02 Å². The summed E-state index contributed by atoms with van der Waals surface area (Å²) in [6.45, 7) is 6.72. The van der Waals surface area contributed by atoms with Crippen molar-refractivity contribution >= 4 is 29.3 Å². The van der Waals surface area contributed by atoms with Crippen LogP contribution in [0.15, 0.2) is 42.5 Å². The number of halogens is 1. The molecule has 1 aliphatic heterocycles. The molecule has 0 aromatic heterocycles. The van der Waals surface area contributed by atoms with Crippen molar-refractivity contribution in [2.75, 3.05) is 45.3 Å². The third-order valence-corrected chi connectivity index (χ3v) is 4.98. The lowest BCUT2D eigenvalue weighted by molar-refractivity contribution is -0.111. The average Bonchev–Trinajstić information content (AvgIpc) is 2.75. The summed E-state index contributed by atoms with van der Waals surface area (Å²) in [6.07, 6.45) is 3.16. The van der Waals surface area contributed by atoms with E-state index in [1.807, 2.05) is 31.2 Å². The predicted octanol–water partition coefficient (Wildman–Crippen LogP) is 4.23. The molecule has 1 N–H and O–H groups in total. The molecule has 30 heavy (non-hydrogen) atoms. The minimum Gasteiger partial charge on any atom is -0.491 e. The number of carbonyl (C=O) groups excluding carboxylic acids is 1. The first kappa shape index (κ1) is 22.2. The number of hydrogen-bond donors (Lipinski definition) is 1. The number of ether oxygens (including phenoxy) is 3. The Hall–Kier alpha value is -2.54. The van der Waals surface area contributed by atoms with Gasteiger partial charge in [-0.05, 0) is 48.4 Å². The molecule has 0 bridgehead atoms. The van der Waals surface area contributed by atoms with E-state index in [4.69, 9.17) is 25.8 Å². The molecule has 0 radical (unpaired) electrons. The summed E-state index contributed by atoms with van der Waals surface area (Å²) < 4.78 is 16.2. The Morgan fingerprint density at radius 2 is 1.97 bits per heavy atom. The van der Waals surface area contributed by atoms with Gasteiger partial charge in [0.2, 0.25) is 5.91 Å². The molecule has 0 aliphatic carbocycles. The Labute approximate surface area is 182 Å². The number of nitrogens with one attached hydrogen (secondary N) is 1. The van der Waals surface area contributed by atoms with Crippen LogP contribution in [0.25, 0.3) is 6.08 Å². The zero-order valence-electron chi connectivity index (χ0n) is 17.3. The van der Waals surface area contributed by atoms with Crippen LogP contribution in [0.1, 0.15) is 18.1 Å². The number of hydrogen-bond acceptors (Lipinski definition) is 5. The van der Waals surface area contributed by atoms with Gasteiger partial charge in [-0.3, -0.25) is 9.69 Å². The van der Waals surface area contributed by atoms with Crippen LogP contribution >= 0.6 is 11.6 Å². The summed E-state index contributed by atoms with van der Waals surface area (Å²) in [5, 5.41) is 3.30. The summed E-state index contributed by atoms with van der Waals surface area (Å²) in [6, 6.07) is 11.4. The van der Waals surface area contributed by atoms with Crippen LogP contribution < -0.4 is 14.8 Å². The standard InChI is InChI=1S/C23H27ClN2O4/c1-3-30-21-15-18(14-20(24)23(21)28-2)6-9-22(27)25-19-7-4-17(5-8-19)16-26-10-12-29-13-11-26/h4-9,14-15H,3,10-13,16H2,1-2H3,(H,25,27)/b9-6+. The van der Waals surface area contributed by atoms with Gasteiger partial charge in [0, 0.05) is 31.4 Å². The number of anilines is 1. The van der Waals surface area contributed by atoms with Crippen LogP contribution in [0.4, 0.5) is 5.69 Å². The van der Waals surface area contributed by atoms with Crippen molar-refractivity contribution in [1.29, 1.82) is 0 Å². The summed E-state index contributed by atoms with van der Waals surface area (Å²) in [5.41, 5.74) is 2.71. The summed E-state index contributed by atoms with van der Waals surface area (Å²) in [5.74, 6) is 0.807. The Kier molecular flexibility index (Phi) is 8.13. The van der Waals surface area contributed by atoms with E-state index in [1.165, 1.54) is 11.6 Å². The molecule has 1 amide bonds. The summed E-state index contributed by atoms with van der Waals surface area (Å²) in [7, 11) is 1.54. The van der Waals surface area contributed by atoms with Crippen LogP contribution in [0.5, 0.6) is 11.5 Å². The number of carbonyl (C=O) groups is 1. The maximum absolute atomic E-state index is 12.3. The van der Waals surface area contributed by atoms with Crippen molar-refractivity contribution in [3.8, 4) is 11.5 Å². The third kappa shape index (κ3) is 6.23. The fraction of sp³-hybridized carbons (Fsp3) is 0.348. The van der Waals surface area contributed by atoms with Gasteiger partial charge >= 0.3 is 0 Å². The molecule has 2 aromatic carbocycles. The number of nitrogens with zero attached hydrogens (tertiary/aromatic N) is 1. The largest absolute Gasteiger partial charge is 0.491 e. The first-order valence-electron chi connectivity index (χ1n) is 9.97. The lowest BCUT2D eigenvalue weighted by Crippen LogP contribution is -2.35. The average molecular weight is 431 g/mol. The minimum absolute atomic E-state index is 0.221. The van der Waals surface area contributed by atoms with Crippen molar-refractivity contribution in [1.82, 2.24) is 4.90 Å². The molecule has 7 heteroatoms. The van der Waals surface area contributed by atoms with Crippen molar-refractivity contribution in [3.05, 3.63) is 58.6 Å². The topological polar surface area (TPSA) is 60.0 Å². The fourth-order valence-corrected chi connectivity index (χ4v) is 3.51.